The lowest BCUT2D eigenvalue weighted by atomic mass is 9.87. The van der Waals surface area contributed by atoms with E-state index in [4.69, 9.17) is 10.8 Å². The van der Waals surface area contributed by atoms with Gasteiger partial charge in [-0.3, -0.25) is 9.59 Å². The van der Waals surface area contributed by atoms with Crippen molar-refractivity contribution in [3.05, 3.63) is 0 Å². The van der Waals surface area contributed by atoms with Crippen LogP contribution >= 0.6 is 0 Å². The van der Waals surface area contributed by atoms with Crippen LogP contribution in [0.2, 0.25) is 0 Å². The predicted molar refractivity (Wildman–Crippen MR) is 73.6 cm³/mol. The van der Waals surface area contributed by atoms with Gasteiger partial charge in [0.25, 0.3) is 0 Å². The number of nitrogens with two attached hydrogens (primary N) is 1. The van der Waals surface area contributed by atoms with Crippen LogP contribution in [0.25, 0.3) is 0 Å². The number of carboxylic acids is 1. The molecule has 1 aliphatic rings. The van der Waals surface area contributed by atoms with Crippen molar-refractivity contribution in [1.82, 2.24) is 4.90 Å². The van der Waals surface area contributed by atoms with Gasteiger partial charge >= 0.3 is 5.97 Å². The molecule has 19 heavy (non-hydrogen) atoms. The first-order chi connectivity index (χ1) is 8.67. The van der Waals surface area contributed by atoms with Crippen LogP contribution in [0.15, 0.2) is 0 Å². The summed E-state index contributed by atoms with van der Waals surface area (Å²) in [6.45, 7) is 6.59. The van der Waals surface area contributed by atoms with Gasteiger partial charge < -0.3 is 15.7 Å². The van der Waals surface area contributed by atoms with E-state index in [9.17, 15) is 9.59 Å². The van der Waals surface area contributed by atoms with Gasteiger partial charge in [0.1, 0.15) is 6.54 Å². The molecule has 3 N–H and O–H groups in total. The summed E-state index contributed by atoms with van der Waals surface area (Å²) in [6, 6.07) is -0.206. The van der Waals surface area contributed by atoms with E-state index in [-0.39, 0.29) is 30.3 Å². The molecule has 0 aromatic carbocycles. The highest BCUT2D eigenvalue weighted by Crippen LogP contribution is 2.30. The summed E-state index contributed by atoms with van der Waals surface area (Å²) in [7, 11) is 0. The molecule has 110 valence electrons. The van der Waals surface area contributed by atoms with E-state index in [1.165, 1.54) is 4.90 Å². The maximum Gasteiger partial charge on any atom is 0.323 e. The van der Waals surface area contributed by atoms with E-state index in [2.05, 4.69) is 20.8 Å². The van der Waals surface area contributed by atoms with Crippen molar-refractivity contribution in [2.24, 2.45) is 17.1 Å². The zero-order valence-corrected chi connectivity index (χ0v) is 12.2. The summed E-state index contributed by atoms with van der Waals surface area (Å²) >= 11 is 0. The summed E-state index contributed by atoms with van der Waals surface area (Å²) in [4.78, 5) is 24.4. The summed E-state index contributed by atoms with van der Waals surface area (Å²) in [5, 5.41) is 8.86. The lowest BCUT2D eigenvalue weighted by molar-refractivity contribution is -0.144. The van der Waals surface area contributed by atoms with E-state index < -0.39 is 5.97 Å². The molecule has 0 bridgehead atoms. The summed E-state index contributed by atoms with van der Waals surface area (Å²) in [6.07, 6.45) is 3.18. The van der Waals surface area contributed by atoms with E-state index >= 15 is 0 Å². The Labute approximate surface area is 115 Å². The Bertz CT molecular complexity index is 332. The minimum Gasteiger partial charge on any atom is -0.480 e. The normalized spacial score (nSPS) is 17.1. The molecule has 0 heterocycles. The maximum atomic E-state index is 12.1. The third-order valence-corrected chi connectivity index (χ3v) is 3.17. The highest BCUT2D eigenvalue weighted by atomic mass is 16.4. The zero-order valence-electron chi connectivity index (χ0n) is 12.2. The Morgan fingerprint density at radius 1 is 1.37 bits per heavy atom. The molecule has 1 unspecified atom stereocenters. The molecule has 0 aromatic rings. The molecule has 1 rings (SSSR count). The minimum absolute atomic E-state index is 0.0772. The largest absolute Gasteiger partial charge is 0.480 e. The van der Waals surface area contributed by atoms with E-state index in [0.717, 1.165) is 19.3 Å². The molecule has 0 spiro atoms. The Balaban J connectivity index is 2.47. The van der Waals surface area contributed by atoms with Crippen molar-refractivity contribution >= 4 is 11.9 Å². The fraction of sp³-hybridized carbons (Fsp3) is 0.857. The molecule has 1 atom stereocenters. The monoisotopic (exact) mass is 270 g/mol. The van der Waals surface area contributed by atoms with Crippen LogP contribution < -0.4 is 5.73 Å². The Morgan fingerprint density at radius 2 is 1.95 bits per heavy atom. The molecule has 1 aliphatic carbocycles. The van der Waals surface area contributed by atoms with Gasteiger partial charge in [-0.25, -0.2) is 0 Å². The van der Waals surface area contributed by atoms with Crippen LogP contribution in [-0.2, 0) is 9.59 Å². The van der Waals surface area contributed by atoms with Gasteiger partial charge in [-0.05, 0) is 30.6 Å². The first kappa shape index (κ1) is 16.0. The lowest BCUT2D eigenvalue weighted by Crippen LogP contribution is -2.41. The number of carbonyl (C=O) groups is 2. The number of amides is 1. The first-order valence-electron chi connectivity index (χ1n) is 6.92. The van der Waals surface area contributed by atoms with Crippen LogP contribution in [0, 0.1) is 11.3 Å². The Kier molecular flexibility index (Phi) is 5.35. The molecule has 0 aromatic heterocycles. The van der Waals surface area contributed by atoms with Gasteiger partial charge in [-0.15, -0.1) is 0 Å². The van der Waals surface area contributed by atoms with Gasteiger partial charge in [0.15, 0.2) is 0 Å². The number of rotatable bonds is 7. The number of hydrogen-bond acceptors (Lipinski definition) is 3. The second-order valence-electron chi connectivity index (χ2n) is 6.84. The third kappa shape index (κ3) is 7.15. The average molecular weight is 270 g/mol. The Hall–Kier alpha value is -1.10. The van der Waals surface area contributed by atoms with Crippen LogP contribution in [0.3, 0.4) is 0 Å². The summed E-state index contributed by atoms with van der Waals surface area (Å²) in [5.74, 6) is -0.605. The number of aliphatic carboxylic acids is 1. The molecular weight excluding hydrogens is 244 g/mol. The van der Waals surface area contributed by atoms with Crippen molar-refractivity contribution in [3.8, 4) is 0 Å². The number of hydrogen-bond donors (Lipinski definition) is 2. The van der Waals surface area contributed by atoms with E-state index in [0.29, 0.717) is 12.5 Å². The Morgan fingerprint density at radius 3 is 2.37 bits per heavy atom. The number of nitrogens with zero attached hydrogens (tertiary/aromatic N) is 1. The van der Waals surface area contributed by atoms with Crippen molar-refractivity contribution < 1.29 is 14.7 Å². The van der Waals surface area contributed by atoms with Crippen molar-refractivity contribution in [1.29, 1.82) is 0 Å². The van der Waals surface area contributed by atoms with Crippen LogP contribution in [0.1, 0.15) is 46.5 Å². The number of carboxylic acid groups (broad SMARTS) is 1. The van der Waals surface area contributed by atoms with E-state index in [1.807, 2.05) is 0 Å². The van der Waals surface area contributed by atoms with Crippen molar-refractivity contribution in [2.45, 2.75) is 52.5 Å². The molecular formula is C14H26N2O3. The van der Waals surface area contributed by atoms with Crippen LogP contribution in [-0.4, -0.2) is 41.0 Å². The second-order valence-corrected chi connectivity index (χ2v) is 6.84. The highest BCUT2D eigenvalue weighted by molar-refractivity contribution is 5.81. The molecule has 0 radical (unpaired) electrons. The fourth-order valence-electron chi connectivity index (χ4n) is 2.24. The number of carbonyl (C=O) groups excluding carboxylic acids is 1. The summed E-state index contributed by atoms with van der Waals surface area (Å²) in [5.41, 5.74) is 6.06. The molecule has 1 saturated carbocycles. The SMILES string of the molecule is CC(C)(C)CC(N)CC(=O)N(CC(=O)O)CC1CC1. The third-order valence-electron chi connectivity index (χ3n) is 3.17. The fourth-order valence-corrected chi connectivity index (χ4v) is 2.24. The topological polar surface area (TPSA) is 83.6 Å². The molecule has 1 fully saturated rings. The molecule has 5 heteroatoms. The zero-order chi connectivity index (χ0) is 14.6. The lowest BCUT2D eigenvalue weighted by Gasteiger charge is -2.26. The van der Waals surface area contributed by atoms with Gasteiger partial charge in [0, 0.05) is 19.0 Å². The van der Waals surface area contributed by atoms with Crippen molar-refractivity contribution in [3.63, 3.8) is 0 Å². The van der Waals surface area contributed by atoms with Gasteiger partial charge in [0.2, 0.25) is 5.91 Å². The van der Waals surface area contributed by atoms with Gasteiger partial charge in [0.05, 0.1) is 0 Å². The van der Waals surface area contributed by atoms with Crippen molar-refractivity contribution in [2.75, 3.05) is 13.1 Å². The quantitative estimate of drug-likeness (QED) is 0.733. The van der Waals surface area contributed by atoms with Gasteiger partial charge in [-0.1, -0.05) is 20.8 Å². The standard InChI is InChI=1S/C14H26N2O3/c1-14(2,3)7-11(15)6-12(17)16(9-13(18)19)8-10-4-5-10/h10-11H,4-9,15H2,1-3H3,(H,18,19). The molecule has 5 nitrogen and oxygen atoms in total. The van der Waals surface area contributed by atoms with Crippen LogP contribution in [0.4, 0.5) is 0 Å². The minimum atomic E-state index is -0.960. The molecule has 0 saturated heterocycles. The van der Waals surface area contributed by atoms with E-state index in [1.54, 1.807) is 0 Å². The smallest absolute Gasteiger partial charge is 0.323 e. The molecule has 1 amide bonds. The highest BCUT2D eigenvalue weighted by Gasteiger charge is 2.29. The first-order valence-corrected chi connectivity index (χ1v) is 6.92. The second kappa shape index (κ2) is 6.37. The average Bonchev–Trinajstić information content (AvgIpc) is 2.96. The predicted octanol–water partition coefficient (Wildman–Crippen LogP) is 1.46. The summed E-state index contributed by atoms with van der Waals surface area (Å²) < 4.78 is 0. The maximum absolute atomic E-state index is 12.1. The van der Waals surface area contributed by atoms with Gasteiger partial charge in [-0.2, -0.15) is 0 Å². The molecule has 0 aliphatic heterocycles. The van der Waals surface area contributed by atoms with Crippen LogP contribution in [0.5, 0.6) is 0 Å².